The topological polar surface area (TPSA) is 91.1 Å². The molecule has 1 aromatic heterocycles. The van der Waals surface area contributed by atoms with Gasteiger partial charge in [0, 0.05) is 35.5 Å². The lowest BCUT2D eigenvalue weighted by molar-refractivity contribution is 0.0891. The summed E-state index contributed by atoms with van der Waals surface area (Å²) in [5, 5.41) is 6.07. The maximum absolute atomic E-state index is 12.8. The second kappa shape index (κ2) is 8.00. The van der Waals surface area contributed by atoms with Crippen molar-refractivity contribution in [1.82, 2.24) is 15.6 Å². The van der Waals surface area contributed by atoms with E-state index in [0.29, 0.717) is 11.1 Å². The molecule has 2 atom stereocenters. The fourth-order valence-corrected chi connectivity index (χ4v) is 4.27. The fraction of sp³-hybridized carbons (Fsp3) is 0.409. The van der Waals surface area contributed by atoms with Crippen LogP contribution in [-0.4, -0.2) is 28.9 Å². The van der Waals surface area contributed by atoms with Crippen LogP contribution in [0.4, 0.5) is 0 Å². The number of H-pyrrole nitrogens is 1. The number of fused-ring (bicyclic) bond motifs is 1. The highest BCUT2D eigenvalue weighted by Crippen LogP contribution is 2.23. The van der Waals surface area contributed by atoms with Crippen molar-refractivity contribution >= 4 is 11.8 Å². The van der Waals surface area contributed by atoms with Crippen molar-refractivity contribution in [3.8, 4) is 0 Å². The Kier molecular flexibility index (Phi) is 5.28. The van der Waals surface area contributed by atoms with E-state index >= 15 is 0 Å². The number of pyridine rings is 1. The number of nitrogens with one attached hydrogen (secondary N) is 3. The summed E-state index contributed by atoms with van der Waals surface area (Å²) in [5.41, 5.74) is 3.34. The largest absolute Gasteiger partial charge is 0.347 e. The summed E-state index contributed by atoms with van der Waals surface area (Å²) in [4.78, 5) is 39.1. The van der Waals surface area contributed by atoms with Crippen LogP contribution in [0.1, 0.15) is 63.9 Å². The molecule has 146 valence electrons. The highest BCUT2D eigenvalue weighted by Gasteiger charge is 2.30. The Morgan fingerprint density at radius 3 is 2.14 bits per heavy atom. The molecule has 2 aromatic rings. The molecule has 2 amide bonds. The molecular weight excluding hydrogens is 354 g/mol. The second-order valence-electron chi connectivity index (χ2n) is 7.72. The Morgan fingerprint density at radius 1 is 0.821 bits per heavy atom. The summed E-state index contributed by atoms with van der Waals surface area (Å²) in [5.74, 6) is -0.373. The molecule has 6 nitrogen and oxygen atoms in total. The zero-order valence-electron chi connectivity index (χ0n) is 15.8. The summed E-state index contributed by atoms with van der Waals surface area (Å²) in [7, 11) is 0. The number of amides is 2. The van der Waals surface area contributed by atoms with Crippen LogP contribution >= 0.6 is 0 Å². The molecule has 0 radical (unpaired) electrons. The minimum absolute atomic E-state index is 0.0873. The van der Waals surface area contributed by atoms with Crippen LogP contribution in [0.3, 0.4) is 0 Å². The van der Waals surface area contributed by atoms with Crippen LogP contribution in [0.5, 0.6) is 0 Å². The monoisotopic (exact) mass is 379 g/mol. The van der Waals surface area contributed by atoms with E-state index in [1.807, 2.05) is 12.1 Å². The first-order valence-electron chi connectivity index (χ1n) is 10.0. The molecule has 0 bridgehead atoms. The average molecular weight is 379 g/mol. The third kappa shape index (κ3) is 4.01. The standard InChI is InChI=1S/C22H25N3O3/c26-20-13-17(10-11-23-20)22(28)25-19-7-3-6-18(19)24-21(27)16-9-8-14-4-1-2-5-15(14)12-16/h8-13,18-19H,1-7H2,(H,23,26)(H,24,27)(H,25,28)/t18-,19+/m1/s1. The Morgan fingerprint density at radius 2 is 1.46 bits per heavy atom. The van der Waals surface area contributed by atoms with Crippen molar-refractivity contribution in [3.05, 3.63) is 69.1 Å². The number of hydrogen-bond donors (Lipinski definition) is 3. The van der Waals surface area contributed by atoms with E-state index in [0.717, 1.165) is 32.1 Å². The van der Waals surface area contributed by atoms with Gasteiger partial charge in [0.15, 0.2) is 0 Å². The van der Waals surface area contributed by atoms with Gasteiger partial charge in [0.2, 0.25) is 5.56 Å². The second-order valence-corrected chi connectivity index (χ2v) is 7.72. The van der Waals surface area contributed by atoms with Crippen LogP contribution in [0.2, 0.25) is 0 Å². The van der Waals surface area contributed by atoms with Crippen LogP contribution in [0.15, 0.2) is 41.3 Å². The molecule has 6 heteroatoms. The van der Waals surface area contributed by atoms with Crippen LogP contribution in [0.25, 0.3) is 0 Å². The van der Waals surface area contributed by atoms with Gasteiger partial charge in [0.1, 0.15) is 0 Å². The number of aryl methyl sites for hydroxylation is 2. The fourth-order valence-electron chi connectivity index (χ4n) is 4.27. The smallest absolute Gasteiger partial charge is 0.251 e. The quantitative estimate of drug-likeness (QED) is 0.761. The zero-order chi connectivity index (χ0) is 19.5. The summed E-state index contributed by atoms with van der Waals surface area (Å²) in [6, 6.07) is 8.62. The maximum atomic E-state index is 12.8. The van der Waals surface area contributed by atoms with Crippen LogP contribution in [-0.2, 0) is 12.8 Å². The predicted octanol–water partition coefficient (Wildman–Crippen LogP) is 2.33. The number of aromatic amines is 1. The molecule has 0 spiro atoms. The SMILES string of the molecule is O=C(N[C@H]1CCC[C@H]1NC(=O)c1ccc2c(c1)CCCC2)c1cc[nH]c(=O)c1. The summed E-state index contributed by atoms with van der Waals surface area (Å²) < 4.78 is 0. The van der Waals surface area contributed by atoms with Crippen molar-refractivity contribution in [2.45, 2.75) is 57.0 Å². The Hall–Kier alpha value is -2.89. The third-order valence-electron chi connectivity index (χ3n) is 5.80. The highest BCUT2D eigenvalue weighted by molar-refractivity contribution is 5.95. The number of carbonyl (C=O) groups is 2. The van der Waals surface area contributed by atoms with Crippen LogP contribution < -0.4 is 16.2 Å². The number of hydrogen-bond acceptors (Lipinski definition) is 3. The van der Waals surface area contributed by atoms with E-state index in [1.54, 1.807) is 6.07 Å². The Labute approximate surface area is 163 Å². The van der Waals surface area contributed by atoms with E-state index in [2.05, 4.69) is 21.7 Å². The molecule has 1 heterocycles. The normalized spacial score (nSPS) is 21.0. The zero-order valence-corrected chi connectivity index (χ0v) is 15.8. The molecule has 1 fully saturated rings. The van der Waals surface area contributed by atoms with E-state index < -0.39 is 0 Å². The highest BCUT2D eigenvalue weighted by atomic mass is 16.2. The molecule has 2 aliphatic rings. The maximum Gasteiger partial charge on any atom is 0.251 e. The molecule has 2 aliphatic carbocycles. The van der Waals surface area contributed by atoms with Crippen molar-refractivity contribution < 1.29 is 9.59 Å². The van der Waals surface area contributed by atoms with Crippen molar-refractivity contribution in [3.63, 3.8) is 0 Å². The van der Waals surface area contributed by atoms with Gasteiger partial charge in [-0.3, -0.25) is 14.4 Å². The van der Waals surface area contributed by atoms with Gasteiger partial charge in [-0.2, -0.15) is 0 Å². The van der Waals surface area contributed by atoms with Gasteiger partial charge in [-0.15, -0.1) is 0 Å². The number of carbonyl (C=O) groups excluding carboxylic acids is 2. The van der Waals surface area contributed by atoms with E-state index in [-0.39, 0.29) is 29.5 Å². The first kappa shape index (κ1) is 18.5. The molecule has 28 heavy (non-hydrogen) atoms. The molecule has 1 saturated carbocycles. The number of rotatable bonds is 4. The van der Waals surface area contributed by atoms with Gasteiger partial charge in [0.05, 0.1) is 0 Å². The molecule has 1 aromatic carbocycles. The lowest BCUT2D eigenvalue weighted by Crippen LogP contribution is -2.48. The van der Waals surface area contributed by atoms with Crippen molar-refractivity contribution in [1.29, 1.82) is 0 Å². The Bertz CT molecular complexity index is 950. The summed E-state index contributed by atoms with van der Waals surface area (Å²) >= 11 is 0. The molecule has 0 saturated heterocycles. The molecule has 3 N–H and O–H groups in total. The van der Waals surface area contributed by atoms with Gasteiger partial charge >= 0.3 is 0 Å². The third-order valence-corrected chi connectivity index (χ3v) is 5.80. The van der Waals surface area contributed by atoms with Crippen molar-refractivity contribution in [2.75, 3.05) is 0 Å². The molecule has 0 aliphatic heterocycles. The average Bonchev–Trinajstić information content (AvgIpc) is 3.14. The molecule has 4 rings (SSSR count). The summed E-state index contributed by atoms with van der Waals surface area (Å²) in [6.07, 6.45) is 8.56. The van der Waals surface area contributed by atoms with Gasteiger partial charge < -0.3 is 15.6 Å². The minimum Gasteiger partial charge on any atom is -0.347 e. The lowest BCUT2D eigenvalue weighted by Gasteiger charge is -2.23. The minimum atomic E-state index is -0.309. The molecule has 0 unspecified atom stereocenters. The Balaban J connectivity index is 1.41. The van der Waals surface area contributed by atoms with E-state index in [9.17, 15) is 14.4 Å². The van der Waals surface area contributed by atoms with Gasteiger partial charge in [-0.25, -0.2) is 0 Å². The van der Waals surface area contributed by atoms with E-state index in [4.69, 9.17) is 0 Å². The van der Waals surface area contributed by atoms with Gasteiger partial charge in [-0.05, 0) is 74.3 Å². The van der Waals surface area contributed by atoms with Crippen LogP contribution in [0, 0.1) is 0 Å². The predicted molar refractivity (Wildman–Crippen MR) is 107 cm³/mol. The first-order valence-corrected chi connectivity index (χ1v) is 10.0. The van der Waals surface area contributed by atoms with Gasteiger partial charge in [0.25, 0.3) is 11.8 Å². The summed E-state index contributed by atoms with van der Waals surface area (Å²) in [6.45, 7) is 0. The first-order chi connectivity index (χ1) is 13.6. The molecular formula is C22H25N3O3. The van der Waals surface area contributed by atoms with Crippen molar-refractivity contribution in [2.24, 2.45) is 0 Å². The van der Waals surface area contributed by atoms with E-state index in [1.165, 1.54) is 36.2 Å². The lowest BCUT2D eigenvalue weighted by atomic mass is 9.90. The number of aromatic nitrogens is 1. The van der Waals surface area contributed by atoms with Gasteiger partial charge in [-0.1, -0.05) is 6.07 Å². The number of benzene rings is 1.